The standard InChI is InChI=1S/C11H16N2O/c1-9(14)13-8-7-11(12)10-5-3-2-4-6-10/h2-6,11H,7-8,12H2,1H3,(H,13,14). The molecule has 1 rings (SSSR count). The van der Waals surface area contributed by atoms with Crippen molar-refractivity contribution >= 4 is 5.91 Å². The highest BCUT2D eigenvalue weighted by atomic mass is 16.1. The van der Waals surface area contributed by atoms with Gasteiger partial charge in [0.2, 0.25) is 5.91 Å². The Kier molecular flexibility index (Phi) is 4.13. The van der Waals surface area contributed by atoms with E-state index in [1.54, 1.807) is 0 Å². The summed E-state index contributed by atoms with van der Waals surface area (Å²) in [6.07, 6.45) is 0.767. The summed E-state index contributed by atoms with van der Waals surface area (Å²) in [7, 11) is 0. The van der Waals surface area contributed by atoms with Crippen LogP contribution in [-0.2, 0) is 4.79 Å². The first-order valence-electron chi connectivity index (χ1n) is 4.75. The molecule has 3 N–H and O–H groups in total. The number of nitrogens with one attached hydrogen (secondary N) is 1. The van der Waals surface area contributed by atoms with Crippen LogP contribution in [0.15, 0.2) is 30.3 Å². The van der Waals surface area contributed by atoms with Crippen LogP contribution in [0.4, 0.5) is 0 Å². The van der Waals surface area contributed by atoms with Crippen LogP contribution in [0.2, 0.25) is 0 Å². The van der Waals surface area contributed by atoms with Gasteiger partial charge in [-0.2, -0.15) is 0 Å². The highest BCUT2D eigenvalue weighted by Gasteiger charge is 2.04. The van der Waals surface area contributed by atoms with E-state index in [2.05, 4.69) is 5.32 Å². The fraction of sp³-hybridized carbons (Fsp3) is 0.364. The zero-order valence-corrected chi connectivity index (χ0v) is 8.36. The smallest absolute Gasteiger partial charge is 0.216 e. The molecule has 1 aromatic rings. The van der Waals surface area contributed by atoms with Gasteiger partial charge in [-0.25, -0.2) is 0 Å². The molecule has 0 heterocycles. The molecule has 76 valence electrons. The van der Waals surface area contributed by atoms with E-state index in [0.717, 1.165) is 12.0 Å². The Morgan fingerprint density at radius 1 is 1.43 bits per heavy atom. The maximum atomic E-state index is 10.6. The molecule has 1 unspecified atom stereocenters. The van der Waals surface area contributed by atoms with Gasteiger partial charge in [-0.3, -0.25) is 4.79 Å². The van der Waals surface area contributed by atoms with Gasteiger partial charge in [0.15, 0.2) is 0 Å². The summed E-state index contributed by atoms with van der Waals surface area (Å²) in [5, 5.41) is 2.73. The Hall–Kier alpha value is -1.35. The SMILES string of the molecule is CC(=O)NCCC(N)c1ccccc1. The largest absolute Gasteiger partial charge is 0.356 e. The molecule has 0 bridgehead atoms. The fourth-order valence-electron chi connectivity index (χ4n) is 1.27. The second kappa shape index (κ2) is 5.40. The molecular weight excluding hydrogens is 176 g/mol. The first-order valence-corrected chi connectivity index (χ1v) is 4.75. The lowest BCUT2D eigenvalue weighted by molar-refractivity contribution is -0.118. The van der Waals surface area contributed by atoms with Crippen LogP contribution < -0.4 is 11.1 Å². The average molecular weight is 192 g/mol. The van der Waals surface area contributed by atoms with E-state index in [1.165, 1.54) is 6.92 Å². The normalized spacial score (nSPS) is 12.1. The van der Waals surface area contributed by atoms with Crippen LogP contribution in [0.5, 0.6) is 0 Å². The molecule has 0 spiro atoms. The molecule has 1 aromatic carbocycles. The maximum absolute atomic E-state index is 10.6. The Labute approximate surface area is 84.3 Å². The van der Waals surface area contributed by atoms with Crippen LogP contribution in [0.3, 0.4) is 0 Å². The highest BCUT2D eigenvalue weighted by molar-refractivity contribution is 5.72. The van der Waals surface area contributed by atoms with Crippen molar-refractivity contribution in [2.24, 2.45) is 5.73 Å². The molecule has 1 atom stereocenters. The first-order chi connectivity index (χ1) is 6.70. The molecule has 3 heteroatoms. The van der Waals surface area contributed by atoms with Crippen LogP contribution in [-0.4, -0.2) is 12.5 Å². The summed E-state index contributed by atoms with van der Waals surface area (Å²) in [5.74, 6) is -0.00902. The van der Waals surface area contributed by atoms with Gasteiger partial charge in [0, 0.05) is 19.5 Å². The van der Waals surface area contributed by atoms with Crippen molar-refractivity contribution < 1.29 is 4.79 Å². The molecule has 0 saturated carbocycles. The number of rotatable bonds is 4. The Balaban J connectivity index is 2.36. The second-order valence-electron chi connectivity index (χ2n) is 3.29. The Morgan fingerprint density at radius 2 is 2.07 bits per heavy atom. The van der Waals surface area contributed by atoms with Gasteiger partial charge in [-0.15, -0.1) is 0 Å². The molecule has 0 aromatic heterocycles. The first kappa shape index (κ1) is 10.7. The van der Waals surface area contributed by atoms with Gasteiger partial charge in [-0.05, 0) is 12.0 Å². The highest BCUT2D eigenvalue weighted by Crippen LogP contribution is 2.11. The zero-order chi connectivity index (χ0) is 10.4. The van der Waals surface area contributed by atoms with Gasteiger partial charge >= 0.3 is 0 Å². The molecule has 1 amide bonds. The third-order valence-corrected chi connectivity index (χ3v) is 2.06. The molecular formula is C11H16N2O. The lowest BCUT2D eigenvalue weighted by Crippen LogP contribution is -2.24. The molecule has 0 aliphatic rings. The average Bonchev–Trinajstić information content (AvgIpc) is 2.18. The van der Waals surface area contributed by atoms with Gasteiger partial charge in [-0.1, -0.05) is 30.3 Å². The minimum Gasteiger partial charge on any atom is -0.356 e. The summed E-state index contributed by atoms with van der Waals surface area (Å²) >= 11 is 0. The van der Waals surface area contributed by atoms with Crippen molar-refractivity contribution in [3.63, 3.8) is 0 Å². The number of carbonyl (C=O) groups excluding carboxylic acids is 1. The van der Waals surface area contributed by atoms with Gasteiger partial charge in [0.25, 0.3) is 0 Å². The number of hydrogen-bond acceptors (Lipinski definition) is 2. The number of benzene rings is 1. The summed E-state index contributed by atoms with van der Waals surface area (Å²) in [6.45, 7) is 2.14. The van der Waals surface area contributed by atoms with E-state index in [9.17, 15) is 4.79 Å². The lowest BCUT2D eigenvalue weighted by atomic mass is 10.1. The molecule has 0 saturated heterocycles. The zero-order valence-electron chi connectivity index (χ0n) is 8.36. The predicted octanol–water partition coefficient (Wildman–Crippen LogP) is 1.21. The summed E-state index contributed by atoms with van der Waals surface area (Å²) in [6, 6.07) is 9.89. The van der Waals surface area contributed by atoms with E-state index in [0.29, 0.717) is 6.54 Å². The van der Waals surface area contributed by atoms with E-state index < -0.39 is 0 Å². The van der Waals surface area contributed by atoms with Crippen LogP contribution in [0.1, 0.15) is 24.9 Å². The van der Waals surface area contributed by atoms with Gasteiger partial charge in [0.05, 0.1) is 0 Å². The van der Waals surface area contributed by atoms with Crippen molar-refractivity contribution in [1.29, 1.82) is 0 Å². The van der Waals surface area contributed by atoms with E-state index >= 15 is 0 Å². The molecule has 0 fully saturated rings. The topological polar surface area (TPSA) is 55.1 Å². The van der Waals surface area contributed by atoms with Crippen LogP contribution >= 0.6 is 0 Å². The summed E-state index contributed by atoms with van der Waals surface area (Å²) in [5.41, 5.74) is 7.04. The van der Waals surface area contributed by atoms with Gasteiger partial charge in [0.1, 0.15) is 0 Å². The molecule has 0 radical (unpaired) electrons. The summed E-state index contributed by atoms with van der Waals surface area (Å²) in [4.78, 5) is 10.6. The van der Waals surface area contributed by atoms with Crippen molar-refractivity contribution in [2.75, 3.05) is 6.54 Å². The Bertz CT molecular complexity index is 285. The number of carbonyl (C=O) groups is 1. The van der Waals surface area contributed by atoms with Crippen LogP contribution in [0.25, 0.3) is 0 Å². The maximum Gasteiger partial charge on any atom is 0.216 e. The van der Waals surface area contributed by atoms with E-state index in [-0.39, 0.29) is 11.9 Å². The molecule has 14 heavy (non-hydrogen) atoms. The van der Waals surface area contributed by atoms with Crippen molar-refractivity contribution in [3.8, 4) is 0 Å². The predicted molar refractivity (Wildman–Crippen MR) is 56.7 cm³/mol. The quantitative estimate of drug-likeness (QED) is 0.753. The number of nitrogens with two attached hydrogens (primary N) is 1. The minimum absolute atomic E-state index is 0.00282. The number of amides is 1. The molecule has 3 nitrogen and oxygen atoms in total. The second-order valence-corrected chi connectivity index (χ2v) is 3.29. The fourth-order valence-corrected chi connectivity index (χ4v) is 1.27. The monoisotopic (exact) mass is 192 g/mol. The third kappa shape index (κ3) is 3.58. The third-order valence-electron chi connectivity index (χ3n) is 2.06. The van der Waals surface area contributed by atoms with Crippen LogP contribution in [0, 0.1) is 0 Å². The van der Waals surface area contributed by atoms with Gasteiger partial charge < -0.3 is 11.1 Å². The molecule has 0 aliphatic heterocycles. The van der Waals surface area contributed by atoms with Crippen molar-refractivity contribution in [2.45, 2.75) is 19.4 Å². The minimum atomic E-state index is -0.00902. The van der Waals surface area contributed by atoms with Crippen molar-refractivity contribution in [3.05, 3.63) is 35.9 Å². The van der Waals surface area contributed by atoms with E-state index in [4.69, 9.17) is 5.73 Å². The molecule has 0 aliphatic carbocycles. The van der Waals surface area contributed by atoms with Crippen molar-refractivity contribution in [1.82, 2.24) is 5.32 Å². The Morgan fingerprint density at radius 3 is 2.64 bits per heavy atom. The van der Waals surface area contributed by atoms with E-state index in [1.807, 2.05) is 30.3 Å². The lowest BCUT2D eigenvalue weighted by Gasteiger charge is -2.11. The summed E-state index contributed by atoms with van der Waals surface area (Å²) < 4.78 is 0. The number of hydrogen-bond donors (Lipinski definition) is 2.